The Morgan fingerprint density at radius 3 is 3.04 bits per heavy atom. The van der Waals surface area contributed by atoms with Crippen molar-refractivity contribution in [3.05, 3.63) is 36.5 Å². The van der Waals surface area contributed by atoms with Gasteiger partial charge in [0.25, 0.3) is 0 Å². The lowest BCUT2D eigenvalue weighted by atomic mass is 10.1. The van der Waals surface area contributed by atoms with Gasteiger partial charge in [-0.1, -0.05) is 18.2 Å². The maximum atomic E-state index is 5.46. The first-order valence-electron chi connectivity index (χ1n) is 8.81. The van der Waals surface area contributed by atoms with Crippen LogP contribution < -0.4 is 5.32 Å². The highest BCUT2D eigenvalue weighted by Crippen LogP contribution is 2.15. The number of hydrogen-bond donors (Lipinski definition) is 1. The molecule has 130 valence electrons. The molecule has 1 aromatic carbocycles. The first kappa shape index (κ1) is 16.8. The summed E-state index contributed by atoms with van der Waals surface area (Å²) in [6.45, 7) is 4.71. The Kier molecular flexibility index (Phi) is 5.75. The maximum absolute atomic E-state index is 5.46. The minimum atomic E-state index is 0.625. The molecule has 0 bridgehead atoms. The number of fused-ring (bicyclic) bond motifs is 1. The van der Waals surface area contributed by atoms with Crippen LogP contribution in [0, 0.1) is 5.92 Å². The number of benzene rings is 1. The average Bonchev–Trinajstić information content (AvgIpc) is 3.25. The molecule has 0 amide bonds. The molecule has 1 atom stereocenters. The van der Waals surface area contributed by atoms with Crippen molar-refractivity contribution in [1.82, 2.24) is 14.8 Å². The Balaban J connectivity index is 1.44. The monoisotopic (exact) mass is 328 g/mol. The summed E-state index contributed by atoms with van der Waals surface area (Å²) < 4.78 is 7.78. The highest BCUT2D eigenvalue weighted by molar-refractivity contribution is 5.80. The Labute approximate surface area is 144 Å². The molecular formula is C19H28N4O. The molecule has 1 aliphatic heterocycles. The molecule has 1 saturated heterocycles. The normalized spacial score (nSPS) is 18.2. The van der Waals surface area contributed by atoms with Crippen molar-refractivity contribution in [2.75, 3.05) is 40.4 Å². The van der Waals surface area contributed by atoms with Crippen molar-refractivity contribution < 1.29 is 4.74 Å². The highest BCUT2D eigenvalue weighted by atomic mass is 16.5. The fourth-order valence-electron chi connectivity index (χ4n) is 3.37. The number of nitrogens with zero attached hydrogens (tertiary/aromatic N) is 3. The van der Waals surface area contributed by atoms with Gasteiger partial charge in [-0.25, -0.2) is 0 Å². The first-order chi connectivity index (χ1) is 11.8. The van der Waals surface area contributed by atoms with Gasteiger partial charge in [-0.15, -0.1) is 0 Å². The fourth-order valence-corrected chi connectivity index (χ4v) is 3.37. The number of guanidine groups is 1. The highest BCUT2D eigenvalue weighted by Gasteiger charge is 2.18. The van der Waals surface area contributed by atoms with Crippen LogP contribution in [0.15, 0.2) is 41.5 Å². The van der Waals surface area contributed by atoms with Gasteiger partial charge < -0.3 is 19.5 Å². The van der Waals surface area contributed by atoms with E-state index in [-0.39, 0.29) is 0 Å². The number of para-hydroxylation sites is 1. The van der Waals surface area contributed by atoms with Crippen LogP contribution in [-0.2, 0) is 11.3 Å². The Hall–Kier alpha value is -2.01. The van der Waals surface area contributed by atoms with Crippen LogP contribution in [0.3, 0.4) is 0 Å². The summed E-state index contributed by atoms with van der Waals surface area (Å²) in [5.74, 6) is 1.60. The van der Waals surface area contributed by atoms with Crippen LogP contribution in [-0.4, -0.2) is 55.8 Å². The third-order valence-corrected chi connectivity index (χ3v) is 4.67. The first-order valence-corrected chi connectivity index (χ1v) is 8.81. The molecule has 0 saturated carbocycles. The zero-order valence-electron chi connectivity index (χ0n) is 14.7. The van der Waals surface area contributed by atoms with E-state index in [9.17, 15) is 0 Å². The third-order valence-electron chi connectivity index (χ3n) is 4.67. The molecule has 0 spiro atoms. The zero-order chi connectivity index (χ0) is 16.8. The van der Waals surface area contributed by atoms with E-state index in [0.717, 1.165) is 51.6 Å². The molecule has 5 nitrogen and oxygen atoms in total. The SMILES string of the molecule is CN=C(NCCCn1ccc2ccccc21)N(C)CC1CCOC1. The fraction of sp³-hybridized carbons (Fsp3) is 0.526. The van der Waals surface area contributed by atoms with Gasteiger partial charge in [0.2, 0.25) is 0 Å². The predicted molar refractivity (Wildman–Crippen MR) is 99.5 cm³/mol. The van der Waals surface area contributed by atoms with Gasteiger partial charge in [0.15, 0.2) is 5.96 Å². The summed E-state index contributed by atoms with van der Waals surface area (Å²) in [6.07, 6.45) is 4.39. The number of aromatic nitrogens is 1. The minimum Gasteiger partial charge on any atom is -0.381 e. The summed E-state index contributed by atoms with van der Waals surface area (Å²) in [4.78, 5) is 6.61. The van der Waals surface area contributed by atoms with E-state index in [1.165, 1.54) is 10.9 Å². The molecule has 1 fully saturated rings. The lowest BCUT2D eigenvalue weighted by Crippen LogP contribution is -2.41. The van der Waals surface area contributed by atoms with Crippen molar-refractivity contribution in [1.29, 1.82) is 0 Å². The van der Waals surface area contributed by atoms with E-state index in [0.29, 0.717) is 5.92 Å². The van der Waals surface area contributed by atoms with Gasteiger partial charge in [0.05, 0.1) is 6.61 Å². The molecular weight excluding hydrogens is 300 g/mol. The summed E-state index contributed by atoms with van der Waals surface area (Å²) >= 11 is 0. The van der Waals surface area contributed by atoms with Gasteiger partial charge in [-0.3, -0.25) is 4.99 Å². The Morgan fingerprint density at radius 2 is 2.25 bits per heavy atom. The number of aliphatic imine (C=N–C) groups is 1. The maximum Gasteiger partial charge on any atom is 0.193 e. The molecule has 1 aliphatic rings. The van der Waals surface area contributed by atoms with Crippen LogP contribution in [0.2, 0.25) is 0 Å². The van der Waals surface area contributed by atoms with Crippen LogP contribution in [0.1, 0.15) is 12.8 Å². The Morgan fingerprint density at radius 1 is 1.38 bits per heavy atom. The molecule has 1 aromatic heterocycles. The standard InChI is InChI=1S/C19H28N4O/c1-20-19(22(2)14-16-9-13-24-15-16)21-10-5-11-23-12-8-17-6-3-4-7-18(17)23/h3-4,6-8,12,16H,5,9-11,13-15H2,1-2H3,(H,20,21). The van der Waals surface area contributed by atoms with Gasteiger partial charge >= 0.3 is 0 Å². The van der Waals surface area contributed by atoms with E-state index < -0.39 is 0 Å². The van der Waals surface area contributed by atoms with Gasteiger partial charge in [0.1, 0.15) is 0 Å². The summed E-state index contributed by atoms with van der Waals surface area (Å²) in [5.41, 5.74) is 1.31. The van der Waals surface area contributed by atoms with E-state index >= 15 is 0 Å². The third kappa shape index (κ3) is 4.09. The largest absolute Gasteiger partial charge is 0.381 e. The molecule has 0 aliphatic carbocycles. The molecule has 1 unspecified atom stereocenters. The number of aryl methyl sites for hydroxylation is 1. The summed E-state index contributed by atoms with van der Waals surface area (Å²) in [5, 5.41) is 4.78. The van der Waals surface area contributed by atoms with Crippen LogP contribution in [0.4, 0.5) is 0 Å². The smallest absolute Gasteiger partial charge is 0.193 e. The van der Waals surface area contributed by atoms with Crippen molar-refractivity contribution in [2.24, 2.45) is 10.9 Å². The molecule has 0 radical (unpaired) electrons. The molecule has 24 heavy (non-hydrogen) atoms. The van der Waals surface area contributed by atoms with E-state index in [4.69, 9.17) is 4.74 Å². The van der Waals surface area contributed by atoms with E-state index in [1.807, 2.05) is 7.05 Å². The molecule has 2 heterocycles. The van der Waals surface area contributed by atoms with Crippen molar-refractivity contribution in [3.63, 3.8) is 0 Å². The second-order valence-electron chi connectivity index (χ2n) is 6.51. The Bertz CT molecular complexity index is 673. The van der Waals surface area contributed by atoms with Crippen LogP contribution in [0.25, 0.3) is 10.9 Å². The molecule has 3 rings (SSSR count). The van der Waals surface area contributed by atoms with E-state index in [2.05, 4.69) is 63.4 Å². The van der Waals surface area contributed by atoms with Gasteiger partial charge in [0, 0.05) is 58.0 Å². The van der Waals surface area contributed by atoms with Crippen LogP contribution in [0.5, 0.6) is 0 Å². The quantitative estimate of drug-likeness (QED) is 0.503. The second kappa shape index (κ2) is 8.20. The van der Waals surface area contributed by atoms with Crippen LogP contribution >= 0.6 is 0 Å². The zero-order valence-corrected chi connectivity index (χ0v) is 14.7. The minimum absolute atomic E-state index is 0.625. The molecule has 2 aromatic rings. The lowest BCUT2D eigenvalue weighted by Gasteiger charge is -2.24. The number of rotatable bonds is 6. The van der Waals surface area contributed by atoms with Crippen molar-refractivity contribution in [2.45, 2.75) is 19.4 Å². The van der Waals surface area contributed by atoms with Crippen molar-refractivity contribution in [3.8, 4) is 0 Å². The van der Waals surface area contributed by atoms with Gasteiger partial charge in [-0.2, -0.15) is 0 Å². The van der Waals surface area contributed by atoms with E-state index in [1.54, 1.807) is 0 Å². The summed E-state index contributed by atoms with van der Waals surface area (Å²) in [7, 11) is 3.95. The average molecular weight is 328 g/mol. The second-order valence-corrected chi connectivity index (χ2v) is 6.51. The van der Waals surface area contributed by atoms with Crippen molar-refractivity contribution >= 4 is 16.9 Å². The number of ether oxygens (including phenoxy) is 1. The summed E-state index contributed by atoms with van der Waals surface area (Å²) in [6, 6.07) is 10.7. The molecule has 5 heteroatoms. The number of nitrogens with one attached hydrogen (secondary N) is 1. The lowest BCUT2D eigenvalue weighted by molar-refractivity contribution is 0.181. The number of hydrogen-bond acceptors (Lipinski definition) is 2. The van der Waals surface area contributed by atoms with Gasteiger partial charge in [-0.05, 0) is 30.4 Å². The molecule has 1 N–H and O–H groups in total. The topological polar surface area (TPSA) is 41.8 Å². The predicted octanol–water partition coefficient (Wildman–Crippen LogP) is 2.58.